The van der Waals surface area contributed by atoms with Gasteiger partial charge in [0.25, 0.3) is 5.91 Å². The molecular weight excluding hydrogens is 418 g/mol. The van der Waals surface area contributed by atoms with Gasteiger partial charge in [-0.25, -0.2) is 9.97 Å². The molecule has 0 spiro atoms. The number of piperazine rings is 1. The molecule has 1 fully saturated rings. The van der Waals surface area contributed by atoms with Crippen LogP contribution in [0.5, 0.6) is 5.75 Å². The van der Waals surface area contributed by atoms with Gasteiger partial charge in [0.15, 0.2) is 5.82 Å². The van der Waals surface area contributed by atoms with E-state index in [4.69, 9.17) is 4.98 Å². The molecule has 1 amide bonds. The number of carbonyl (C=O) groups is 1. The van der Waals surface area contributed by atoms with Crippen molar-refractivity contribution in [3.63, 3.8) is 0 Å². The number of phenols is 1. The van der Waals surface area contributed by atoms with Gasteiger partial charge in [0.2, 0.25) is 0 Å². The van der Waals surface area contributed by atoms with E-state index in [9.17, 15) is 9.90 Å². The van der Waals surface area contributed by atoms with Gasteiger partial charge >= 0.3 is 0 Å². The molecule has 0 unspecified atom stereocenters. The largest absolute Gasteiger partial charge is 0.507 e. The van der Waals surface area contributed by atoms with Crippen molar-refractivity contribution >= 4 is 33.4 Å². The van der Waals surface area contributed by atoms with Crippen LogP contribution in [0, 0.1) is 6.92 Å². The molecule has 3 N–H and O–H groups in total. The number of hydrogen-bond acceptors (Lipinski definition) is 7. The third-order valence-electron chi connectivity index (χ3n) is 6.22. The predicted octanol–water partition coefficient (Wildman–Crippen LogP) is 2.36. The third kappa shape index (κ3) is 3.64. The molecule has 1 aliphatic rings. The zero-order chi connectivity index (χ0) is 23.3. The number of anilines is 1. The highest BCUT2D eigenvalue weighted by molar-refractivity contribution is 6.06. The quantitative estimate of drug-likeness (QED) is 0.444. The fraction of sp³-hybridized carbons (Fsp3) is 0.333. The van der Waals surface area contributed by atoms with Crippen molar-refractivity contribution in [2.45, 2.75) is 19.9 Å². The monoisotopic (exact) mass is 445 g/mol. The van der Waals surface area contributed by atoms with Crippen molar-refractivity contribution in [3.05, 3.63) is 41.7 Å². The topological polar surface area (TPSA) is 108 Å². The first-order chi connectivity index (χ1) is 15.9. The number of hydrogen-bond donors (Lipinski definition) is 3. The number of aromatic hydroxyl groups is 1. The number of amides is 1. The Hall–Kier alpha value is -3.72. The van der Waals surface area contributed by atoms with Crippen LogP contribution in [0.2, 0.25) is 0 Å². The molecule has 33 heavy (non-hydrogen) atoms. The van der Waals surface area contributed by atoms with Gasteiger partial charge < -0.3 is 20.6 Å². The molecule has 4 aromatic rings. The van der Waals surface area contributed by atoms with E-state index >= 15 is 0 Å². The van der Waals surface area contributed by atoms with Crippen LogP contribution < -0.4 is 15.5 Å². The van der Waals surface area contributed by atoms with Gasteiger partial charge in [0.1, 0.15) is 11.4 Å². The molecule has 0 bridgehead atoms. The maximum absolute atomic E-state index is 12.8. The Bertz CT molecular complexity index is 1400. The number of aromatic nitrogens is 4. The molecule has 1 aliphatic heterocycles. The summed E-state index contributed by atoms with van der Waals surface area (Å²) in [5, 5.41) is 23.0. The van der Waals surface area contributed by atoms with Crippen molar-refractivity contribution in [2.75, 3.05) is 31.6 Å². The maximum Gasteiger partial charge on any atom is 0.270 e. The number of nitrogens with one attached hydrogen (secondary N) is 2. The smallest absolute Gasteiger partial charge is 0.270 e. The van der Waals surface area contributed by atoms with Crippen LogP contribution in [0.4, 0.5) is 5.69 Å². The average molecular weight is 446 g/mol. The van der Waals surface area contributed by atoms with Crippen LogP contribution in [-0.2, 0) is 7.05 Å². The summed E-state index contributed by atoms with van der Waals surface area (Å²) in [5.41, 5.74) is 3.81. The SMILES string of the molecule is CNC(=O)c1nc(-c2cc3cn(C)nc3c(C)c2O)nc2ccc(N3CCN[C@@H](C)C3)cc12. The number of fused-ring (bicyclic) bond motifs is 2. The zero-order valence-corrected chi connectivity index (χ0v) is 19.2. The van der Waals surface area contributed by atoms with Gasteiger partial charge in [-0.3, -0.25) is 9.48 Å². The minimum atomic E-state index is -0.298. The lowest BCUT2D eigenvalue weighted by molar-refractivity contribution is 0.0960. The minimum absolute atomic E-state index is 0.0647. The van der Waals surface area contributed by atoms with E-state index in [0.29, 0.717) is 33.9 Å². The molecule has 1 saturated heterocycles. The second-order valence-corrected chi connectivity index (χ2v) is 8.62. The van der Waals surface area contributed by atoms with Crippen LogP contribution in [0.1, 0.15) is 23.0 Å². The van der Waals surface area contributed by atoms with E-state index in [2.05, 4.69) is 32.5 Å². The Balaban J connectivity index is 1.69. The summed E-state index contributed by atoms with van der Waals surface area (Å²) >= 11 is 0. The number of aryl methyl sites for hydroxylation is 2. The molecule has 1 atom stereocenters. The normalized spacial score (nSPS) is 16.5. The molecule has 3 heterocycles. The van der Waals surface area contributed by atoms with Crippen molar-refractivity contribution in [1.29, 1.82) is 0 Å². The summed E-state index contributed by atoms with van der Waals surface area (Å²) in [4.78, 5) is 24.5. The van der Waals surface area contributed by atoms with E-state index in [1.807, 2.05) is 44.4 Å². The number of benzene rings is 2. The minimum Gasteiger partial charge on any atom is -0.507 e. The van der Waals surface area contributed by atoms with Crippen molar-refractivity contribution in [3.8, 4) is 17.1 Å². The number of carbonyl (C=O) groups excluding carboxylic acids is 1. The Morgan fingerprint density at radius 1 is 1.27 bits per heavy atom. The first-order valence-corrected chi connectivity index (χ1v) is 11.0. The highest BCUT2D eigenvalue weighted by atomic mass is 16.3. The lowest BCUT2D eigenvalue weighted by atomic mass is 10.0. The van der Waals surface area contributed by atoms with Crippen molar-refractivity contribution < 1.29 is 9.90 Å². The lowest BCUT2D eigenvalue weighted by Crippen LogP contribution is -2.49. The van der Waals surface area contributed by atoms with Crippen LogP contribution in [0.15, 0.2) is 30.5 Å². The highest BCUT2D eigenvalue weighted by Gasteiger charge is 2.22. The summed E-state index contributed by atoms with van der Waals surface area (Å²) in [6.07, 6.45) is 1.88. The Labute approximate surface area is 191 Å². The van der Waals surface area contributed by atoms with E-state index in [0.717, 1.165) is 36.2 Å². The summed E-state index contributed by atoms with van der Waals surface area (Å²) in [6.45, 7) is 6.66. The van der Waals surface area contributed by atoms with Crippen LogP contribution in [0.25, 0.3) is 33.2 Å². The molecule has 5 rings (SSSR count). The molecule has 0 radical (unpaired) electrons. The van der Waals surface area contributed by atoms with E-state index in [1.165, 1.54) is 0 Å². The lowest BCUT2D eigenvalue weighted by Gasteiger charge is -2.33. The van der Waals surface area contributed by atoms with Gasteiger partial charge in [-0.15, -0.1) is 0 Å². The van der Waals surface area contributed by atoms with E-state index in [-0.39, 0.29) is 17.4 Å². The number of nitrogens with zero attached hydrogens (tertiary/aromatic N) is 5. The summed E-state index contributed by atoms with van der Waals surface area (Å²) in [6, 6.07) is 8.13. The third-order valence-corrected chi connectivity index (χ3v) is 6.22. The standard InChI is InChI=1S/C24H27N7O2/c1-13-11-31(8-7-26-13)16-5-6-19-17(10-16)21(24(33)25-3)28-23(27-19)18-9-15-12-30(4)29-20(15)14(2)22(18)32/h5-6,9-10,12-13,26,32H,7-8,11H2,1-4H3,(H,25,33)/t13-/m0/s1. The van der Waals surface area contributed by atoms with E-state index < -0.39 is 0 Å². The predicted molar refractivity (Wildman–Crippen MR) is 129 cm³/mol. The molecular formula is C24H27N7O2. The molecule has 2 aromatic carbocycles. The fourth-order valence-corrected chi connectivity index (χ4v) is 4.50. The Morgan fingerprint density at radius 2 is 2.09 bits per heavy atom. The first kappa shape index (κ1) is 21.1. The highest BCUT2D eigenvalue weighted by Crippen LogP contribution is 2.36. The van der Waals surface area contributed by atoms with Gasteiger partial charge in [0, 0.05) is 68.0 Å². The van der Waals surface area contributed by atoms with Crippen LogP contribution >= 0.6 is 0 Å². The molecule has 9 heteroatoms. The van der Waals surface area contributed by atoms with Gasteiger partial charge in [-0.1, -0.05) is 0 Å². The van der Waals surface area contributed by atoms with Gasteiger partial charge in [-0.05, 0) is 38.1 Å². The number of rotatable bonds is 3. The summed E-state index contributed by atoms with van der Waals surface area (Å²) in [5.74, 6) is 0.0685. The Morgan fingerprint density at radius 3 is 2.85 bits per heavy atom. The van der Waals surface area contributed by atoms with E-state index in [1.54, 1.807) is 11.7 Å². The summed E-state index contributed by atoms with van der Waals surface area (Å²) in [7, 11) is 3.42. The zero-order valence-electron chi connectivity index (χ0n) is 19.2. The maximum atomic E-state index is 12.8. The first-order valence-electron chi connectivity index (χ1n) is 11.0. The molecule has 9 nitrogen and oxygen atoms in total. The number of phenolic OH excluding ortho intramolecular Hbond substituents is 1. The molecule has 0 saturated carbocycles. The van der Waals surface area contributed by atoms with Gasteiger partial charge in [0.05, 0.1) is 16.6 Å². The molecule has 170 valence electrons. The summed E-state index contributed by atoms with van der Waals surface area (Å²) < 4.78 is 1.70. The molecule has 2 aromatic heterocycles. The van der Waals surface area contributed by atoms with Crippen LogP contribution in [0.3, 0.4) is 0 Å². The Kier molecular flexibility index (Phi) is 5.13. The van der Waals surface area contributed by atoms with Crippen molar-refractivity contribution in [1.82, 2.24) is 30.4 Å². The van der Waals surface area contributed by atoms with Gasteiger partial charge in [-0.2, -0.15) is 5.10 Å². The average Bonchev–Trinajstić information content (AvgIpc) is 3.20. The second kappa shape index (κ2) is 8.00. The second-order valence-electron chi connectivity index (χ2n) is 8.62. The molecule has 0 aliphatic carbocycles. The van der Waals surface area contributed by atoms with Crippen LogP contribution in [-0.4, -0.2) is 63.5 Å². The fourth-order valence-electron chi connectivity index (χ4n) is 4.50. The van der Waals surface area contributed by atoms with Crippen molar-refractivity contribution in [2.24, 2.45) is 7.05 Å².